The maximum atomic E-state index is 10.3. The van der Waals surface area contributed by atoms with E-state index in [9.17, 15) is 4.79 Å². The van der Waals surface area contributed by atoms with Crippen LogP contribution < -0.4 is 0 Å². The highest BCUT2D eigenvalue weighted by atomic mass is 79.9. The van der Waals surface area contributed by atoms with Crippen LogP contribution in [-0.4, -0.2) is 11.4 Å². The number of hydrogen-bond donors (Lipinski definition) is 1. The Hall–Kier alpha value is -0.670. The van der Waals surface area contributed by atoms with Gasteiger partial charge in [-0.1, -0.05) is 28.1 Å². The van der Waals surface area contributed by atoms with E-state index in [1.807, 2.05) is 0 Å². The summed E-state index contributed by atoms with van der Waals surface area (Å²) >= 11 is 3.23. The molecule has 0 aliphatic carbocycles. The lowest BCUT2D eigenvalue weighted by Crippen LogP contribution is -1.87. The average molecular weight is 215 g/mol. The Bertz CT molecular complexity index is 271. The third kappa shape index (κ3) is 1.88. The Morgan fingerprint density at radius 1 is 1.55 bits per heavy atom. The Morgan fingerprint density at radius 3 is 2.73 bits per heavy atom. The van der Waals surface area contributed by atoms with Crippen molar-refractivity contribution in [1.82, 2.24) is 0 Å². The molecule has 0 unspecified atom stereocenters. The molecule has 1 rings (SSSR count). The van der Waals surface area contributed by atoms with Gasteiger partial charge in [0, 0.05) is 10.0 Å². The molecule has 1 aromatic rings. The number of halogens is 1. The van der Waals surface area contributed by atoms with Crippen molar-refractivity contribution >= 4 is 22.2 Å². The van der Waals surface area contributed by atoms with Gasteiger partial charge in [-0.2, -0.15) is 0 Å². The van der Waals surface area contributed by atoms with Gasteiger partial charge >= 0.3 is 0 Å². The molecular weight excluding hydrogens is 208 g/mol. The molecule has 0 aromatic heterocycles. The van der Waals surface area contributed by atoms with Crippen molar-refractivity contribution in [3.8, 4) is 0 Å². The number of hydrogen-bond acceptors (Lipinski definition) is 2. The highest BCUT2D eigenvalue weighted by molar-refractivity contribution is 9.10. The molecule has 0 heterocycles. The van der Waals surface area contributed by atoms with Crippen molar-refractivity contribution in [3.05, 3.63) is 33.8 Å². The third-order valence-corrected chi connectivity index (χ3v) is 2.12. The zero-order valence-corrected chi connectivity index (χ0v) is 7.34. The second-order valence-corrected chi connectivity index (χ2v) is 2.98. The zero-order valence-electron chi connectivity index (χ0n) is 5.75. The first-order valence-electron chi connectivity index (χ1n) is 3.12. The lowest BCUT2D eigenvalue weighted by atomic mass is 10.2. The molecule has 11 heavy (non-hydrogen) atoms. The fourth-order valence-corrected chi connectivity index (χ4v) is 1.29. The first kappa shape index (κ1) is 8.43. The van der Waals surface area contributed by atoms with Crippen LogP contribution in [0.2, 0.25) is 0 Å². The fourth-order valence-electron chi connectivity index (χ4n) is 0.765. The molecule has 58 valence electrons. The van der Waals surface area contributed by atoms with E-state index in [1.165, 1.54) is 0 Å². The van der Waals surface area contributed by atoms with Crippen molar-refractivity contribution in [3.63, 3.8) is 0 Å². The van der Waals surface area contributed by atoms with Crippen molar-refractivity contribution < 1.29 is 9.90 Å². The lowest BCUT2D eigenvalue weighted by Gasteiger charge is -1.99. The number of aliphatic hydroxyl groups is 1. The number of aliphatic hydroxyl groups excluding tert-OH is 1. The van der Waals surface area contributed by atoms with Gasteiger partial charge in [0.05, 0.1) is 6.61 Å². The quantitative estimate of drug-likeness (QED) is 0.763. The number of aldehydes is 1. The number of carbonyl (C=O) groups excluding carboxylic acids is 1. The van der Waals surface area contributed by atoms with Crippen LogP contribution in [0.1, 0.15) is 15.9 Å². The van der Waals surface area contributed by atoms with Gasteiger partial charge in [0.2, 0.25) is 0 Å². The second-order valence-electron chi connectivity index (χ2n) is 2.13. The van der Waals surface area contributed by atoms with E-state index < -0.39 is 0 Å². The standard InChI is InChI=1S/C8H7BrO2/c9-8-3-6(4-10)1-2-7(8)5-11/h1-4,11H,5H2. The van der Waals surface area contributed by atoms with Crippen molar-refractivity contribution in [2.45, 2.75) is 6.61 Å². The third-order valence-electron chi connectivity index (χ3n) is 1.38. The fraction of sp³-hybridized carbons (Fsp3) is 0.125. The van der Waals surface area contributed by atoms with E-state index in [0.29, 0.717) is 5.56 Å². The molecular formula is C8H7BrO2. The number of carbonyl (C=O) groups is 1. The van der Waals surface area contributed by atoms with Gasteiger partial charge in [-0.05, 0) is 11.6 Å². The molecule has 0 amide bonds. The van der Waals surface area contributed by atoms with Crippen LogP contribution in [0, 0.1) is 0 Å². The van der Waals surface area contributed by atoms with Crippen LogP contribution in [0.4, 0.5) is 0 Å². The SMILES string of the molecule is O=Cc1ccc(CO)c(Br)c1. The predicted molar refractivity (Wildman–Crippen MR) is 45.5 cm³/mol. The summed E-state index contributed by atoms with van der Waals surface area (Å²) in [5, 5.41) is 8.76. The molecule has 0 bridgehead atoms. The van der Waals surface area contributed by atoms with E-state index in [0.717, 1.165) is 16.3 Å². The largest absolute Gasteiger partial charge is 0.392 e. The van der Waals surface area contributed by atoms with Crippen LogP contribution in [0.5, 0.6) is 0 Å². The molecule has 3 heteroatoms. The van der Waals surface area contributed by atoms with Crippen LogP contribution in [0.15, 0.2) is 22.7 Å². The highest BCUT2D eigenvalue weighted by Gasteiger charge is 1.98. The molecule has 2 nitrogen and oxygen atoms in total. The maximum Gasteiger partial charge on any atom is 0.150 e. The maximum absolute atomic E-state index is 10.3. The summed E-state index contributed by atoms with van der Waals surface area (Å²) in [4.78, 5) is 10.3. The Kier molecular flexibility index (Phi) is 2.79. The van der Waals surface area contributed by atoms with Crippen molar-refractivity contribution in [2.24, 2.45) is 0 Å². The first-order valence-corrected chi connectivity index (χ1v) is 3.91. The molecule has 0 aliphatic rings. The molecule has 0 fully saturated rings. The van der Waals surface area contributed by atoms with Gasteiger partial charge in [0.25, 0.3) is 0 Å². The smallest absolute Gasteiger partial charge is 0.150 e. The van der Waals surface area contributed by atoms with Gasteiger partial charge in [0.15, 0.2) is 0 Å². The minimum atomic E-state index is -0.0142. The Labute approximate surface area is 73.0 Å². The summed E-state index contributed by atoms with van der Waals surface area (Å²) in [5.74, 6) is 0. The molecule has 0 radical (unpaired) electrons. The predicted octanol–water partition coefficient (Wildman–Crippen LogP) is 1.75. The molecule has 0 aliphatic heterocycles. The molecule has 1 N–H and O–H groups in total. The summed E-state index contributed by atoms with van der Waals surface area (Å²) in [6, 6.07) is 5.07. The van der Waals surface area contributed by atoms with Gasteiger partial charge in [-0.25, -0.2) is 0 Å². The van der Waals surface area contributed by atoms with Gasteiger partial charge in [-0.15, -0.1) is 0 Å². The molecule has 1 aromatic carbocycles. The normalized spacial score (nSPS) is 9.64. The van der Waals surface area contributed by atoms with Gasteiger partial charge < -0.3 is 5.11 Å². The minimum absolute atomic E-state index is 0.0142. The molecule has 0 saturated carbocycles. The van der Waals surface area contributed by atoms with E-state index in [1.54, 1.807) is 18.2 Å². The molecule has 0 spiro atoms. The van der Waals surface area contributed by atoms with Crippen LogP contribution >= 0.6 is 15.9 Å². The van der Waals surface area contributed by atoms with Crippen molar-refractivity contribution in [1.29, 1.82) is 0 Å². The first-order chi connectivity index (χ1) is 5.27. The minimum Gasteiger partial charge on any atom is -0.392 e. The number of rotatable bonds is 2. The second kappa shape index (κ2) is 3.64. The Morgan fingerprint density at radius 2 is 2.27 bits per heavy atom. The van der Waals surface area contributed by atoms with Crippen LogP contribution in [0.25, 0.3) is 0 Å². The van der Waals surface area contributed by atoms with E-state index in [2.05, 4.69) is 15.9 Å². The monoisotopic (exact) mass is 214 g/mol. The summed E-state index contributed by atoms with van der Waals surface area (Å²) in [7, 11) is 0. The van der Waals surface area contributed by atoms with E-state index in [4.69, 9.17) is 5.11 Å². The molecule has 0 atom stereocenters. The van der Waals surface area contributed by atoms with E-state index in [-0.39, 0.29) is 6.61 Å². The topological polar surface area (TPSA) is 37.3 Å². The molecule has 0 saturated heterocycles. The van der Waals surface area contributed by atoms with E-state index >= 15 is 0 Å². The summed E-state index contributed by atoms with van der Waals surface area (Å²) in [6.07, 6.45) is 0.770. The van der Waals surface area contributed by atoms with Crippen LogP contribution in [-0.2, 0) is 6.61 Å². The van der Waals surface area contributed by atoms with Gasteiger partial charge in [-0.3, -0.25) is 4.79 Å². The summed E-state index contributed by atoms with van der Waals surface area (Å²) in [6.45, 7) is -0.0142. The average Bonchev–Trinajstić information content (AvgIpc) is 2.04. The lowest BCUT2D eigenvalue weighted by molar-refractivity contribution is 0.112. The van der Waals surface area contributed by atoms with Crippen molar-refractivity contribution in [2.75, 3.05) is 0 Å². The summed E-state index contributed by atoms with van der Waals surface area (Å²) < 4.78 is 0.768. The summed E-state index contributed by atoms with van der Waals surface area (Å²) in [5.41, 5.74) is 1.39. The number of benzene rings is 1. The highest BCUT2D eigenvalue weighted by Crippen LogP contribution is 2.17. The van der Waals surface area contributed by atoms with Crippen LogP contribution in [0.3, 0.4) is 0 Å². The Balaban J connectivity index is 3.09. The van der Waals surface area contributed by atoms with Gasteiger partial charge in [0.1, 0.15) is 6.29 Å². The zero-order chi connectivity index (χ0) is 8.27.